The van der Waals surface area contributed by atoms with Gasteiger partial charge in [-0.25, -0.2) is 9.78 Å². The van der Waals surface area contributed by atoms with Crippen LogP contribution in [-0.4, -0.2) is 22.1 Å². The van der Waals surface area contributed by atoms with Crippen molar-refractivity contribution in [1.29, 1.82) is 0 Å². The SMILES string of the molecule is Cc1nc2ccccc2n1CCNC(=O)NCc1cccc(Cl)c1. The van der Waals surface area contributed by atoms with Crippen LogP contribution >= 0.6 is 11.6 Å². The summed E-state index contributed by atoms with van der Waals surface area (Å²) in [6.45, 7) is 3.62. The van der Waals surface area contributed by atoms with Gasteiger partial charge in [0.1, 0.15) is 5.82 Å². The summed E-state index contributed by atoms with van der Waals surface area (Å²) in [6.07, 6.45) is 0. The molecule has 0 radical (unpaired) electrons. The van der Waals surface area contributed by atoms with E-state index < -0.39 is 0 Å². The van der Waals surface area contributed by atoms with E-state index in [0.29, 0.717) is 24.7 Å². The third kappa shape index (κ3) is 3.86. The molecule has 2 N–H and O–H groups in total. The van der Waals surface area contributed by atoms with Crippen LogP contribution in [0.1, 0.15) is 11.4 Å². The zero-order valence-electron chi connectivity index (χ0n) is 13.4. The molecule has 2 amide bonds. The summed E-state index contributed by atoms with van der Waals surface area (Å²) in [7, 11) is 0. The molecule has 0 aliphatic rings. The molecule has 1 aromatic heterocycles. The van der Waals surface area contributed by atoms with Crippen LogP contribution in [0.5, 0.6) is 0 Å². The highest BCUT2D eigenvalue weighted by molar-refractivity contribution is 6.30. The fourth-order valence-electron chi connectivity index (χ4n) is 2.65. The Morgan fingerprint density at radius 3 is 2.83 bits per heavy atom. The van der Waals surface area contributed by atoms with Crippen LogP contribution in [0.3, 0.4) is 0 Å². The van der Waals surface area contributed by atoms with Crippen molar-refractivity contribution in [2.75, 3.05) is 6.54 Å². The number of hydrogen-bond donors (Lipinski definition) is 2. The number of fused-ring (bicyclic) bond motifs is 1. The van der Waals surface area contributed by atoms with Gasteiger partial charge in [-0.15, -0.1) is 0 Å². The van der Waals surface area contributed by atoms with Crippen molar-refractivity contribution in [3.05, 3.63) is 64.9 Å². The van der Waals surface area contributed by atoms with Gasteiger partial charge in [-0.3, -0.25) is 0 Å². The number of nitrogens with zero attached hydrogens (tertiary/aromatic N) is 2. The third-order valence-electron chi connectivity index (χ3n) is 3.81. The summed E-state index contributed by atoms with van der Waals surface area (Å²) in [5, 5.41) is 6.35. The molecule has 0 fully saturated rings. The van der Waals surface area contributed by atoms with E-state index in [0.717, 1.165) is 22.4 Å². The van der Waals surface area contributed by atoms with Crippen molar-refractivity contribution in [2.45, 2.75) is 20.0 Å². The molecule has 3 aromatic rings. The minimum Gasteiger partial charge on any atom is -0.336 e. The standard InChI is InChI=1S/C18H19ClN4O/c1-13-22-16-7-2-3-8-17(16)23(13)10-9-20-18(24)21-12-14-5-4-6-15(19)11-14/h2-8,11H,9-10,12H2,1H3,(H2,20,21,24). The van der Waals surface area contributed by atoms with Gasteiger partial charge in [-0.2, -0.15) is 0 Å². The molecule has 0 spiro atoms. The lowest BCUT2D eigenvalue weighted by Gasteiger charge is -2.10. The molecule has 0 saturated carbocycles. The second-order valence-corrected chi connectivity index (χ2v) is 5.98. The van der Waals surface area contributed by atoms with Gasteiger partial charge in [0.25, 0.3) is 0 Å². The largest absolute Gasteiger partial charge is 0.336 e. The predicted molar refractivity (Wildman–Crippen MR) is 96.2 cm³/mol. The number of aryl methyl sites for hydroxylation is 1. The Labute approximate surface area is 145 Å². The van der Waals surface area contributed by atoms with E-state index in [-0.39, 0.29) is 6.03 Å². The van der Waals surface area contributed by atoms with Gasteiger partial charge in [0.2, 0.25) is 0 Å². The van der Waals surface area contributed by atoms with Gasteiger partial charge in [0.05, 0.1) is 11.0 Å². The van der Waals surface area contributed by atoms with Crippen LogP contribution in [0.4, 0.5) is 4.79 Å². The molecule has 5 nitrogen and oxygen atoms in total. The molecule has 6 heteroatoms. The third-order valence-corrected chi connectivity index (χ3v) is 4.04. The van der Waals surface area contributed by atoms with Gasteiger partial charge in [-0.05, 0) is 36.8 Å². The van der Waals surface area contributed by atoms with E-state index >= 15 is 0 Å². The minimum absolute atomic E-state index is 0.197. The second-order valence-electron chi connectivity index (χ2n) is 5.54. The molecule has 2 aromatic carbocycles. The van der Waals surface area contributed by atoms with Crippen LogP contribution < -0.4 is 10.6 Å². The normalized spacial score (nSPS) is 10.8. The molecule has 0 aliphatic heterocycles. The van der Waals surface area contributed by atoms with E-state index in [4.69, 9.17) is 11.6 Å². The quantitative estimate of drug-likeness (QED) is 0.745. The Morgan fingerprint density at radius 1 is 1.17 bits per heavy atom. The fraction of sp³-hybridized carbons (Fsp3) is 0.222. The molecule has 0 saturated heterocycles. The number of amides is 2. The van der Waals surface area contributed by atoms with E-state index in [1.165, 1.54) is 0 Å². The highest BCUT2D eigenvalue weighted by atomic mass is 35.5. The minimum atomic E-state index is -0.197. The molecule has 24 heavy (non-hydrogen) atoms. The molecule has 0 bridgehead atoms. The highest BCUT2D eigenvalue weighted by Crippen LogP contribution is 2.14. The van der Waals surface area contributed by atoms with E-state index in [1.54, 1.807) is 0 Å². The number of carbonyl (C=O) groups is 1. The first kappa shape index (κ1) is 16.3. The Bertz CT molecular complexity index is 859. The number of halogens is 1. The van der Waals surface area contributed by atoms with Gasteiger partial charge < -0.3 is 15.2 Å². The number of benzene rings is 2. The van der Waals surface area contributed by atoms with Crippen molar-refractivity contribution < 1.29 is 4.79 Å². The average Bonchev–Trinajstić information content (AvgIpc) is 2.89. The molecule has 1 heterocycles. The molecule has 124 valence electrons. The smallest absolute Gasteiger partial charge is 0.315 e. The van der Waals surface area contributed by atoms with Crippen molar-refractivity contribution in [3.63, 3.8) is 0 Å². The van der Waals surface area contributed by atoms with Gasteiger partial charge in [0, 0.05) is 24.7 Å². The summed E-state index contributed by atoms with van der Waals surface area (Å²) in [6, 6.07) is 15.2. The first-order chi connectivity index (χ1) is 11.6. The summed E-state index contributed by atoms with van der Waals surface area (Å²) in [4.78, 5) is 16.4. The first-order valence-electron chi connectivity index (χ1n) is 7.81. The number of rotatable bonds is 5. The lowest BCUT2D eigenvalue weighted by Crippen LogP contribution is -2.36. The average molecular weight is 343 g/mol. The maximum absolute atomic E-state index is 11.9. The van der Waals surface area contributed by atoms with Crippen LogP contribution in [0, 0.1) is 6.92 Å². The summed E-state index contributed by atoms with van der Waals surface area (Å²) < 4.78 is 2.10. The van der Waals surface area contributed by atoms with E-state index in [1.807, 2.05) is 55.5 Å². The number of aromatic nitrogens is 2. The number of urea groups is 1. The topological polar surface area (TPSA) is 59.0 Å². The monoisotopic (exact) mass is 342 g/mol. The lowest BCUT2D eigenvalue weighted by atomic mass is 10.2. The van der Waals surface area contributed by atoms with Crippen LogP contribution in [-0.2, 0) is 13.1 Å². The number of carbonyl (C=O) groups excluding carboxylic acids is 1. The molecular formula is C18H19ClN4O. The summed E-state index contributed by atoms with van der Waals surface area (Å²) in [5.74, 6) is 0.942. The first-order valence-corrected chi connectivity index (χ1v) is 8.19. The van der Waals surface area contributed by atoms with E-state index in [2.05, 4.69) is 20.2 Å². The molecule has 0 aliphatic carbocycles. The summed E-state index contributed by atoms with van der Waals surface area (Å²) in [5.41, 5.74) is 3.02. The maximum atomic E-state index is 11.9. The Hall–Kier alpha value is -2.53. The zero-order valence-corrected chi connectivity index (χ0v) is 14.2. The van der Waals surface area contributed by atoms with Crippen molar-refractivity contribution in [2.24, 2.45) is 0 Å². The van der Waals surface area contributed by atoms with Crippen molar-refractivity contribution >= 4 is 28.7 Å². The number of para-hydroxylation sites is 2. The number of nitrogens with one attached hydrogen (secondary N) is 2. The number of hydrogen-bond acceptors (Lipinski definition) is 2. The number of imidazole rings is 1. The Morgan fingerprint density at radius 2 is 2.00 bits per heavy atom. The zero-order chi connectivity index (χ0) is 16.9. The van der Waals surface area contributed by atoms with Crippen molar-refractivity contribution in [1.82, 2.24) is 20.2 Å². The van der Waals surface area contributed by atoms with Crippen LogP contribution in [0.2, 0.25) is 5.02 Å². The maximum Gasteiger partial charge on any atom is 0.315 e. The van der Waals surface area contributed by atoms with Gasteiger partial charge in [-0.1, -0.05) is 35.9 Å². The fourth-order valence-corrected chi connectivity index (χ4v) is 2.86. The Balaban J connectivity index is 1.50. The summed E-state index contributed by atoms with van der Waals surface area (Å²) >= 11 is 5.93. The Kier molecular flexibility index (Phi) is 5.01. The van der Waals surface area contributed by atoms with Gasteiger partial charge in [0.15, 0.2) is 0 Å². The van der Waals surface area contributed by atoms with Crippen LogP contribution in [0.25, 0.3) is 11.0 Å². The van der Waals surface area contributed by atoms with E-state index in [9.17, 15) is 4.79 Å². The highest BCUT2D eigenvalue weighted by Gasteiger charge is 2.07. The molecule has 0 unspecified atom stereocenters. The molecular weight excluding hydrogens is 324 g/mol. The predicted octanol–water partition coefficient (Wildman–Crippen LogP) is 3.50. The van der Waals surface area contributed by atoms with Crippen molar-refractivity contribution in [3.8, 4) is 0 Å². The second kappa shape index (κ2) is 7.36. The molecule has 3 rings (SSSR count). The van der Waals surface area contributed by atoms with Crippen LogP contribution in [0.15, 0.2) is 48.5 Å². The molecule has 0 atom stereocenters. The van der Waals surface area contributed by atoms with Gasteiger partial charge >= 0.3 is 6.03 Å². The lowest BCUT2D eigenvalue weighted by molar-refractivity contribution is 0.240.